The molecule has 0 amide bonds. The fourth-order valence-electron chi connectivity index (χ4n) is 3.44. The van der Waals surface area contributed by atoms with Gasteiger partial charge in [-0.25, -0.2) is 0 Å². The predicted molar refractivity (Wildman–Crippen MR) is 97.2 cm³/mol. The first-order valence-electron chi connectivity index (χ1n) is 8.71. The Morgan fingerprint density at radius 3 is 1.56 bits per heavy atom. The van der Waals surface area contributed by atoms with Crippen molar-refractivity contribution in [2.75, 3.05) is 27.4 Å². The third-order valence-corrected chi connectivity index (χ3v) is 4.94. The third kappa shape index (κ3) is 4.53. The van der Waals surface area contributed by atoms with Gasteiger partial charge in [-0.05, 0) is 48.2 Å². The van der Waals surface area contributed by atoms with Crippen LogP contribution in [0.1, 0.15) is 11.1 Å². The molecule has 0 radical (unpaired) electrons. The zero-order chi connectivity index (χ0) is 17.6. The van der Waals surface area contributed by atoms with Crippen LogP contribution in [-0.2, 0) is 17.6 Å². The van der Waals surface area contributed by atoms with Crippen LogP contribution in [0.25, 0.3) is 0 Å². The highest BCUT2D eigenvalue weighted by molar-refractivity contribution is 5.28. The number of hydrogen-bond acceptors (Lipinski definition) is 4. The second-order valence-corrected chi connectivity index (χ2v) is 6.65. The molecule has 1 fully saturated rings. The standard InChI is InChI=1S/C21H26O4/c1-23-19-7-3-15(4-8-19)11-17-13-25-14-18(21(17)22)12-16-5-9-20(24-2)10-6-16/h3-10,17-18,21-22H,11-14H2,1-2H3/t17-,18-/m0/s1. The molecular weight excluding hydrogens is 316 g/mol. The van der Waals surface area contributed by atoms with Crippen molar-refractivity contribution in [1.82, 2.24) is 0 Å². The lowest BCUT2D eigenvalue weighted by Gasteiger charge is -2.35. The number of ether oxygens (including phenoxy) is 3. The van der Waals surface area contributed by atoms with E-state index < -0.39 is 0 Å². The van der Waals surface area contributed by atoms with Crippen LogP contribution < -0.4 is 9.47 Å². The molecule has 1 aliphatic heterocycles. The summed E-state index contributed by atoms with van der Waals surface area (Å²) < 4.78 is 16.2. The fraction of sp³-hybridized carbons (Fsp3) is 0.429. The van der Waals surface area contributed by atoms with Crippen LogP contribution in [0, 0.1) is 11.8 Å². The Hall–Kier alpha value is -2.04. The van der Waals surface area contributed by atoms with Gasteiger partial charge in [-0.15, -0.1) is 0 Å². The number of rotatable bonds is 6. The Kier molecular flexibility index (Phi) is 5.95. The van der Waals surface area contributed by atoms with E-state index in [0.29, 0.717) is 13.2 Å². The maximum absolute atomic E-state index is 10.8. The van der Waals surface area contributed by atoms with Gasteiger partial charge in [-0.1, -0.05) is 24.3 Å². The number of hydrogen-bond donors (Lipinski definition) is 1. The quantitative estimate of drug-likeness (QED) is 0.876. The molecular formula is C21H26O4. The first-order valence-corrected chi connectivity index (χ1v) is 8.71. The van der Waals surface area contributed by atoms with Crippen molar-refractivity contribution < 1.29 is 19.3 Å². The smallest absolute Gasteiger partial charge is 0.118 e. The van der Waals surface area contributed by atoms with E-state index in [0.717, 1.165) is 24.3 Å². The van der Waals surface area contributed by atoms with Crippen LogP contribution in [-0.4, -0.2) is 38.6 Å². The third-order valence-electron chi connectivity index (χ3n) is 4.94. The van der Waals surface area contributed by atoms with Gasteiger partial charge in [0.15, 0.2) is 0 Å². The Labute approximate surface area is 149 Å². The van der Waals surface area contributed by atoms with Gasteiger partial charge < -0.3 is 19.3 Å². The molecule has 0 aliphatic carbocycles. The van der Waals surface area contributed by atoms with Gasteiger partial charge in [0.25, 0.3) is 0 Å². The lowest BCUT2D eigenvalue weighted by molar-refractivity contribution is -0.0789. The van der Waals surface area contributed by atoms with Crippen LogP contribution in [0.2, 0.25) is 0 Å². The second-order valence-electron chi connectivity index (χ2n) is 6.65. The molecule has 1 aliphatic rings. The summed E-state index contributed by atoms with van der Waals surface area (Å²) in [5.74, 6) is 1.93. The Balaban J connectivity index is 1.62. The minimum atomic E-state index is -0.363. The van der Waals surface area contributed by atoms with Gasteiger partial charge in [0, 0.05) is 11.8 Å². The van der Waals surface area contributed by atoms with Crippen molar-refractivity contribution in [2.24, 2.45) is 11.8 Å². The summed E-state index contributed by atoms with van der Waals surface area (Å²) in [7, 11) is 3.33. The predicted octanol–water partition coefficient (Wildman–Crippen LogP) is 3.11. The van der Waals surface area contributed by atoms with Gasteiger partial charge in [0.1, 0.15) is 11.5 Å². The topological polar surface area (TPSA) is 47.9 Å². The molecule has 3 rings (SSSR count). The SMILES string of the molecule is COc1ccc(C[C@H]2COC[C@H](Cc3ccc(OC)cc3)C2O)cc1. The van der Waals surface area contributed by atoms with Crippen molar-refractivity contribution in [2.45, 2.75) is 18.9 Å². The molecule has 4 heteroatoms. The van der Waals surface area contributed by atoms with E-state index in [1.165, 1.54) is 11.1 Å². The van der Waals surface area contributed by atoms with Crippen LogP contribution in [0.15, 0.2) is 48.5 Å². The van der Waals surface area contributed by atoms with Crippen molar-refractivity contribution in [3.8, 4) is 11.5 Å². The van der Waals surface area contributed by atoms with Gasteiger partial charge in [0.05, 0.1) is 33.5 Å². The summed E-state index contributed by atoms with van der Waals surface area (Å²) in [6, 6.07) is 16.1. The van der Waals surface area contributed by atoms with Gasteiger partial charge in [-0.2, -0.15) is 0 Å². The molecule has 1 saturated heterocycles. The van der Waals surface area contributed by atoms with Crippen LogP contribution in [0.5, 0.6) is 11.5 Å². The molecule has 0 bridgehead atoms. The molecule has 4 nitrogen and oxygen atoms in total. The van der Waals surface area contributed by atoms with Crippen LogP contribution >= 0.6 is 0 Å². The highest BCUT2D eigenvalue weighted by Gasteiger charge is 2.32. The Morgan fingerprint density at radius 2 is 1.20 bits per heavy atom. The lowest BCUT2D eigenvalue weighted by atomic mass is 9.82. The summed E-state index contributed by atoms with van der Waals surface area (Å²) in [5, 5.41) is 10.8. The molecule has 2 atom stereocenters. The van der Waals surface area contributed by atoms with Crippen LogP contribution in [0.4, 0.5) is 0 Å². The minimum Gasteiger partial charge on any atom is -0.497 e. The zero-order valence-corrected chi connectivity index (χ0v) is 14.9. The Bertz CT molecular complexity index is 593. The second kappa shape index (κ2) is 8.37. The number of aliphatic hydroxyl groups excluding tert-OH is 1. The average molecular weight is 342 g/mol. The van der Waals surface area contributed by atoms with E-state index >= 15 is 0 Å². The molecule has 0 aromatic heterocycles. The maximum atomic E-state index is 10.8. The molecule has 134 valence electrons. The highest BCUT2D eigenvalue weighted by Crippen LogP contribution is 2.27. The van der Waals surface area contributed by atoms with Crippen molar-refractivity contribution in [3.05, 3.63) is 59.7 Å². The number of aliphatic hydroxyl groups is 1. The number of benzene rings is 2. The van der Waals surface area contributed by atoms with Gasteiger partial charge in [0.2, 0.25) is 0 Å². The van der Waals surface area contributed by atoms with E-state index in [1.807, 2.05) is 24.3 Å². The molecule has 2 aromatic rings. The van der Waals surface area contributed by atoms with Crippen molar-refractivity contribution in [1.29, 1.82) is 0 Å². The largest absolute Gasteiger partial charge is 0.497 e. The normalized spacial score (nSPS) is 21.1. The van der Waals surface area contributed by atoms with Crippen molar-refractivity contribution in [3.63, 3.8) is 0 Å². The molecule has 0 saturated carbocycles. The summed E-state index contributed by atoms with van der Waals surface area (Å²) in [4.78, 5) is 0. The van der Waals surface area contributed by atoms with Crippen LogP contribution in [0.3, 0.4) is 0 Å². The summed E-state index contributed by atoms with van der Waals surface area (Å²) >= 11 is 0. The summed E-state index contributed by atoms with van der Waals surface area (Å²) in [6.45, 7) is 1.21. The summed E-state index contributed by atoms with van der Waals surface area (Å²) in [5.41, 5.74) is 2.39. The molecule has 25 heavy (non-hydrogen) atoms. The van der Waals surface area contributed by atoms with Crippen molar-refractivity contribution >= 4 is 0 Å². The lowest BCUT2D eigenvalue weighted by Crippen LogP contribution is -2.42. The van der Waals surface area contributed by atoms with E-state index in [9.17, 15) is 5.11 Å². The first kappa shape index (κ1) is 17.8. The highest BCUT2D eigenvalue weighted by atomic mass is 16.5. The minimum absolute atomic E-state index is 0.116. The molecule has 2 aromatic carbocycles. The number of methoxy groups -OCH3 is 2. The molecule has 1 N–H and O–H groups in total. The summed E-state index contributed by atoms with van der Waals surface area (Å²) in [6.07, 6.45) is 1.26. The van der Waals surface area contributed by atoms with E-state index in [1.54, 1.807) is 14.2 Å². The van der Waals surface area contributed by atoms with Gasteiger partial charge in [-0.3, -0.25) is 0 Å². The maximum Gasteiger partial charge on any atom is 0.118 e. The van der Waals surface area contributed by atoms with E-state index in [2.05, 4.69) is 24.3 Å². The molecule has 0 spiro atoms. The average Bonchev–Trinajstić information content (AvgIpc) is 2.66. The monoisotopic (exact) mass is 342 g/mol. The molecule has 0 unspecified atom stereocenters. The zero-order valence-electron chi connectivity index (χ0n) is 14.9. The first-order chi connectivity index (χ1) is 12.2. The van der Waals surface area contributed by atoms with E-state index in [4.69, 9.17) is 14.2 Å². The van der Waals surface area contributed by atoms with E-state index in [-0.39, 0.29) is 17.9 Å². The Morgan fingerprint density at radius 1 is 0.800 bits per heavy atom. The van der Waals surface area contributed by atoms with Gasteiger partial charge >= 0.3 is 0 Å². The fourth-order valence-corrected chi connectivity index (χ4v) is 3.44. The molecule has 1 heterocycles.